The number of rotatable bonds is 10. The van der Waals surface area contributed by atoms with Crippen LogP contribution in [0, 0.1) is 0 Å². The maximum atomic E-state index is 11.8. The van der Waals surface area contributed by atoms with E-state index < -0.39 is 24.6 Å². The Morgan fingerprint density at radius 3 is 2.20 bits per heavy atom. The van der Waals surface area contributed by atoms with Crippen molar-refractivity contribution in [3.05, 3.63) is 71.8 Å². The molecular formula is C24H30O6. The third-order valence-electron chi connectivity index (χ3n) is 4.95. The van der Waals surface area contributed by atoms with Crippen LogP contribution in [-0.4, -0.2) is 42.3 Å². The zero-order valence-electron chi connectivity index (χ0n) is 17.3. The summed E-state index contributed by atoms with van der Waals surface area (Å²) in [6.07, 6.45) is -1.15. The first-order chi connectivity index (χ1) is 14.7. The molecule has 0 aliphatic carbocycles. The largest absolute Gasteiger partial charge is 0.463 e. The molecule has 0 saturated carbocycles. The Balaban J connectivity index is 1.68. The molecule has 1 heterocycles. The molecule has 0 spiro atoms. The molecule has 1 saturated heterocycles. The Kier molecular flexibility index (Phi) is 8.83. The molecular weight excluding hydrogens is 384 g/mol. The highest BCUT2D eigenvalue weighted by molar-refractivity contribution is 5.69. The van der Waals surface area contributed by atoms with Crippen molar-refractivity contribution in [2.24, 2.45) is 0 Å². The van der Waals surface area contributed by atoms with Gasteiger partial charge >= 0.3 is 5.97 Å². The molecule has 0 amide bonds. The lowest BCUT2D eigenvalue weighted by Crippen LogP contribution is -2.52. The fourth-order valence-corrected chi connectivity index (χ4v) is 3.41. The fraction of sp³-hybridized carbons (Fsp3) is 0.458. The van der Waals surface area contributed by atoms with Gasteiger partial charge in [-0.1, -0.05) is 67.6 Å². The molecule has 2 aromatic rings. The van der Waals surface area contributed by atoms with Gasteiger partial charge in [-0.25, -0.2) is 0 Å². The van der Waals surface area contributed by atoms with E-state index in [0.29, 0.717) is 26.1 Å². The molecule has 1 aliphatic heterocycles. The van der Waals surface area contributed by atoms with Crippen molar-refractivity contribution in [3.63, 3.8) is 0 Å². The second-order valence-electron chi connectivity index (χ2n) is 7.39. The lowest BCUT2D eigenvalue weighted by molar-refractivity contribution is -0.263. The third kappa shape index (κ3) is 6.92. The van der Waals surface area contributed by atoms with Crippen molar-refractivity contribution in [1.82, 2.24) is 0 Å². The number of aliphatic hydroxyl groups is 1. The summed E-state index contributed by atoms with van der Waals surface area (Å²) in [5, 5.41) is 10.2. The molecule has 6 heteroatoms. The van der Waals surface area contributed by atoms with E-state index in [1.54, 1.807) is 0 Å². The number of hydrogen-bond acceptors (Lipinski definition) is 6. The van der Waals surface area contributed by atoms with Crippen molar-refractivity contribution in [3.8, 4) is 0 Å². The topological polar surface area (TPSA) is 74.2 Å². The van der Waals surface area contributed by atoms with Gasteiger partial charge in [0, 0.05) is 12.8 Å². The van der Waals surface area contributed by atoms with E-state index in [0.717, 1.165) is 11.1 Å². The van der Waals surface area contributed by atoms with Gasteiger partial charge in [0.15, 0.2) is 6.29 Å². The van der Waals surface area contributed by atoms with E-state index in [-0.39, 0.29) is 19.0 Å². The second kappa shape index (κ2) is 11.8. The monoisotopic (exact) mass is 414 g/mol. The number of hydrogen-bond donors (Lipinski definition) is 1. The third-order valence-corrected chi connectivity index (χ3v) is 4.95. The van der Waals surface area contributed by atoms with Gasteiger partial charge in [-0.15, -0.1) is 0 Å². The molecule has 0 aromatic heterocycles. The first-order valence-corrected chi connectivity index (χ1v) is 10.5. The smallest absolute Gasteiger partial charge is 0.305 e. The molecule has 1 N–H and O–H groups in total. The van der Waals surface area contributed by atoms with E-state index >= 15 is 0 Å². The normalized spacial score (nSPS) is 23.8. The van der Waals surface area contributed by atoms with Crippen LogP contribution in [0.2, 0.25) is 0 Å². The van der Waals surface area contributed by atoms with E-state index in [2.05, 4.69) is 0 Å². The van der Waals surface area contributed by atoms with Gasteiger partial charge in [0.2, 0.25) is 0 Å². The molecule has 1 aliphatic rings. The van der Waals surface area contributed by atoms with E-state index in [1.807, 2.05) is 67.6 Å². The van der Waals surface area contributed by atoms with Crippen molar-refractivity contribution >= 4 is 5.97 Å². The number of carbonyl (C=O) groups is 1. The molecule has 2 aromatic carbocycles. The minimum absolute atomic E-state index is 0.0144. The van der Waals surface area contributed by atoms with Gasteiger partial charge in [0.1, 0.15) is 18.8 Å². The molecule has 30 heavy (non-hydrogen) atoms. The van der Waals surface area contributed by atoms with Gasteiger partial charge in [-0.3, -0.25) is 4.79 Å². The SMILES string of the molecule is CCCC(=O)OC[C@H]1OC(O)C[C@H](OCc2ccccc2)[C@H]1OCc1ccccc1. The summed E-state index contributed by atoms with van der Waals surface area (Å²) in [7, 11) is 0. The molecule has 6 nitrogen and oxygen atoms in total. The maximum absolute atomic E-state index is 11.8. The van der Waals surface area contributed by atoms with E-state index in [4.69, 9.17) is 18.9 Å². The summed E-state index contributed by atoms with van der Waals surface area (Å²) in [5.41, 5.74) is 2.05. The van der Waals surface area contributed by atoms with Gasteiger partial charge in [0.25, 0.3) is 0 Å². The molecule has 1 unspecified atom stereocenters. The first-order valence-electron chi connectivity index (χ1n) is 10.5. The minimum atomic E-state index is -1.00. The second-order valence-corrected chi connectivity index (χ2v) is 7.39. The molecule has 3 rings (SSSR count). The van der Waals surface area contributed by atoms with Crippen molar-refractivity contribution in [2.75, 3.05) is 6.61 Å². The molecule has 0 radical (unpaired) electrons. The summed E-state index contributed by atoms with van der Waals surface area (Å²) in [6.45, 7) is 2.70. The Morgan fingerprint density at radius 1 is 1.00 bits per heavy atom. The summed E-state index contributed by atoms with van der Waals surface area (Å²) >= 11 is 0. The highest BCUT2D eigenvalue weighted by Gasteiger charge is 2.40. The average Bonchev–Trinajstić information content (AvgIpc) is 2.77. The average molecular weight is 414 g/mol. The molecule has 0 bridgehead atoms. The fourth-order valence-electron chi connectivity index (χ4n) is 3.41. The summed E-state index contributed by atoms with van der Waals surface area (Å²) in [6, 6.07) is 19.6. The minimum Gasteiger partial charge on any atom is -0.463 e. The van der Waals surface area contributed by atoms with Crippen molar-refractivity contribution in [1.29, 1.82) is 0 Å². The Hall–Kier alpha value is -2.25. The molecule has 4 atom stereocenters. The highest BCUT2D eigenvalue weighted by atomic mass is 16.7. The summed E-state index contributed by atoms with van der Waals surface area (Å²) in [4.78, 5) is 11.8. The molecule has 1 fully saturated rings. The van der Waals surface area contributed by atoms with Crippen LogP contribution in [0.4, 0.5) is 0 Å². The van der Waals surface area contributed by atoms with Gasteiger partial charge < -0.3 is 24.1 Å². The number of carbonyl (C=O) groups excluding carboxylic acids is 1. The maximum Gasteiger partial charge on any atom is 0.305 e. The number of aliphatic hydroxyl groups excluding tert-OH is 1. The highest BCUT2D eigenvalue weighted by Crippen LogP contribution is 2.26. The number of benzene rings is 2. The quantitative estimate of drug-likeness (QED) is 0.599. The Labute approximate surface area is 177 Å². The summed E-state index contributed by atoms with van der Waals surface area (Å²) in [5.74, 6) is -0.287. The van der Waals surface area contributed by atoms with Crippen LogP contribution in [0.3, 0.4) is 0 Å². The number of esters is 1. The van der Waals surface area contributed by atoms with Gasteiger partial charge in [0.05, 0.1) is 19.3 Å². The van der Waals surface area contributed by atoms with Crippen LogP contribution >= 0.6 is 0 Å². The van der Waals surface area contributed by atoms with Crippen LogP contribution in [0.15, 0.2) is 60.7 Å². The number of ether oxygens (including phenoxy) is 4. The van der Waals surface area contributed by atoms with Crippen LogP contribution in [0.25, 0.3) is 0 Å². The zero-order chi connectivity index (χ0) is 21.2. The van der Waals surface area contributed by atoms with Crippen molar-refractivity contribution < 1.29 is 28.8 Å². The predicted molar refractivity (Wildman–Crippen MR) is 111 cm³/mol. The lowest BCUT2D eigenvalue weighted by Gasteiger charge is -2.39. The first kappa shape index (κ1) is 22.4. The van der Waals surface area contributed by atoms with Gasteiger partial charge in [-0.2, -0.15) is 0 Å². The van der Waals surface area contributed by atoms with Crippen LogP contribution in [0.1, 0.15) is 37.3 Å². The lowest BCUT2D eigenvalue weighted by atomic mass is 10.0. The molecule has 162 valence electrons. The Morgan fingerprint density at radius 2 is 1.60 bits per heavy atom. The van der Waals surface area contributed by atoms with Crippen LogP contribution < -0.4 is 0 Å². The standard InChI is InChI=1S/C24H30O6/c1-2-9-22(25)28-17-21-24(29-16-19-12-7-4-8-13-19)20(14-23(26)30-21)27-15-18-10-5-3-6-11-18/h3-8,10-13,20-21,23-24,26H,2,9,14-17H2,1H3/t20-,21+,23?,24+/m0/s1. The van der Waals surface area contributed by atoms with Gasteiger partial charge in [-0.05, 0) is 17.5 Å². The summed E-state index contributed by atoms with van der Waals surface area (Å²) < 4.78 is 23.3. The predicted octanol–water partition coefficient (Wildman–Crippen LogP) is 3.61. The van der Waals surface area contributed by atoms with E-state index in [1.165, 1.54) is 0 Å². The van der Waals surface area contributed by atoms with E-state index in [9.17, 15) is 9.90 Å². The van der Waals surface area contributed by atoms with Crippen LogP contribution in [0.5, 0.6) is 0 Å². The van der Waals surface area contributed by atoms with Crippen molar-refractivity contribution in [2.45, 2.75) is 64.0 Å². The zero-order valence-corrected chi connectivity index (χ0v) is 17.3. The van der Waals surface area contributed by atoms with Crippen LogP contribution in [-0.2, 0) is 37.0 Å². The Bertz CT molecular complexity index is 751.